The van der Waals surface area contributed by atoms with E-state index in [9.17, 15) is 19.5 Å². The smallest absolute Gasteiger partial charge is 0.407 e. The van der Waals surface area contributed by atoms with E-state index in [1.807, 2.05) is 24.3 Å². The Balaban J connectivity index is 1.16. The van der Waals surface area contributed by atoms with Crippen LogP contribution in [0, 0.1) is 11.3 Å². The largest absolute Gasteiger partial charge is 0.480 e. The molecule has 2 aromatic carbocycles. The lowest BCUT2D eigenvalue weighted by Gasteiger charge is -2.22. The number of amides is 2. The number of fused-ring (bicyclic) bond motifs is 4. The van der Waals surface area contributed by atoms with E-state index in [1.54, 1.807) is 19.0 Å². The van der Waals surface area contributed by atoms with E-state index in [-0.39, 0.29) is 36.9 Å². The number of carboxylic acid groups (broad SMARTS) is 1. The maximum atomic E-state index is 12.9. The average Bonchev–Trinajstić information content (AvgIpc) is 3.25. The van der Waals surface area contributed by atoms with Gasteiger partial charge in [-0.05, 0) is 61.5 Å². The number of carbonyl (C=O) groups excluding carboxylic acids is 2. The van der Waals surface area contributed by atoms with Gasteiger partial charge < -0.3 is 25.4 Å². The van der Waals surface area contributed by atoms with E-state index in [1.165, 1.54) is 11.1 Å². The van der Waals surface area contributed by atoms with Crippen molar-refractivity contribution >= 4 is 18.0 Å². The highest BCUT2D eigenvalue weighted by atomic mass is 16.5. The van der Waals surface area contributed by atoms with Crippen molar-refractivity contribution in [1.82, 2.24) is 15.5 Å². The number of likely N-dealkylation sites (N-methyl/N-ethyl adjacent to an activating group) is 1. The Hall–Kier alpha value is -3.39. The molecule has 0 spiro atoms. The van der Waals surface area contributed by atoms with Crippen molar-refractivity contribution in [3.05, 3.63) is 59.7 Å². The van der Waals surface area contributed by atoms with Crippen molar-refractivity contribution in [2.75, 3.05) is 27.2 Å². The molecule has 2 fully saturated rings. The van der Waals surface area contributed by atoms with Gasteiger partial charge in [0.1, 0.15) is 12.6 Å². The summed E-state index contributed by atoms with van der Waals surface area (Å²) in [7, 11) is 3.54. The predicted molar refractivity (Wildman–Crippen MR) is 130 cm³/mol. The molecule has 2 aromatic rings. The van der Waals surface area contributed by atoms with Crippen LogP contribution in [0.15, 0.2) is 48.5 Å². The van der Waals surface area contributed by atoms with Gasteiger partial charge in [0.2, 0.25) is 5.91 Å². The van der Waals surface area contributed by atoms with Crippen LogP contribution in [0.1, 0.15) is 36.3 Å². The summed E-state index contributed by atoms with van der Waals surface area (Å²) in [6, 6.07) is 15.3. The third-order valence-electron chi connectivity index (χ3n) is 7.68. The first kappa shape index (κ1) is 23.4. The molecule has 0 aromatic heterocycles. The zero-order valence-electron chi connectivity index (χ0n) is 20.0. The Kier molecular flexibility index (Phi) is 6.01. The van der Waals surface area contributed by atoms with Crippen LogP contribution in [-0.2, 0) is 14.3 Å². The molecule has 0 radical (unpaired) electrons. The molecular weight excluding hydrogens is 446 g/mol. The topological polar surface area (TPSA) is 108 Å². The van der Waals surface area contributed by atoms with Crippen LogP contribution in [0.3, 0.4) is 0 Å². The molecule has 184 valence electrons. The van der Waals surface area contributed by atoms with Crippen LogP contribution in [-0.4, -0.2) is 67.3 Å². The van der Waals surface area contributed by atoms with Gasteiger partial charge in [0.15, 0.2) is 0 Å². The molecule has 0 heterocycles. The number of carbonyl (C=O) groups is 3. The van der Waals surface area contributed by atoms with Gasteiger partial charge in [-0.3, -0.25) is 4.79 Å². The lowest BCUT2D eigenvalue weighted by molar-refractivity contribution is -0.143. The maximum Gasteiger partial charge on any atom is 0.407 e. The number of nitrogens with one attached hydrogen (secondary N) is 2. The zero-order chi connectivity index (χ0) is 24.7. The molecule has 3 aliphatic carbocycles. The lowest BCUT2D eigenvalue weighted by Crippen LogP contribution is -2.49. The summed E-state index contributed by atoms with van der Waals surface area (Å²) >= 11 is 0. The van der Waals surface area contributed by atoms with E-state index in [0.717, 1.165) is 17.5 Å². The Morgan fingerprint density at radius 2 is 1.69 bits per heavy atom. The highest BCUT2D eigenvalue weighted by Crippen LogP contribution is 2.63. The zero-order valence-corrected chi connectivity index (χ0v) is 20.0. The second kappa shape index (κ2) is 9.00. The van der Waals surface area contributed by atoms with Crippen molar-refractivity contribution in [3.63, 3.8) is 0 Å². The monoisotopic (exact) mass is 477 g/mol. The van der Waals surface area contributed by atoms with Crippen LogP contribution in [0.4, 0.5) is 4.79 Å². The van der Waals surface area contributed by atoms with E-state index in [4.69, 9.17) is 4.74 Å². The number of alkyl carbamates (subject to hydrolysis) is 1. The second-order valence-corrected chi connectivity index (χ2v) is 10.3. The summed E-state index contributed by atoms with van der Waals surface area (Å²) in [5.41, 5.74) is 4.08. The second-order valence-electron chi connectivity index (χ2n) is 10.3. The lowest BCUT2D eigenvalue weighted by atomic mass is 9.98. The van der Waals surface area contributed by atoms with Crippen molar-refractivity contribution in [1.29, 1.82) is 0 Å². The normalized spacial score (nSPS) is 24.8. The highest BCUT2D eigenvalue weighted by Gasteiger charge is 2.65. The fourth-order valence-corrected chi connectivity index (χ4v) is 5.95. The molecule has 0 aliphatic heterocycles. The SMILES string of the molecule is CN(C)C[C@H](NC(=O)[C@@]12C[C@@H](NC(=O)OCC3c4ccccc4-c4ccccc43)C[C@@H]1C2)C(=O)O. The number of aliphatic carboxylic acids is 1. The molecule has 3 N–H and O–H groups in total. The minimum atomic E-state index is -1.05. The quantitative estimate of drug-likeness (QED) is 0.540. The summed E-state index contributed by atoms with van der Waals surface area (Å²) in [6.07, 6.45) is 1.45. The summed E-state index contributed by atoms with van der Waals surface area (Å²) in [5, 5.41) is 15.1. The summed E-state index contributed by atoms with van der Waals surface area (Å²) in [5.74, 6) is -1.12. The van der Waals surface area contributed by atoms with Crippen molar-refractivity contribution < 1.29 is 24.2 Å². The molecule has 5 rings (SSSR count). The molecule has 8 heteroatoms. The van der Waals surface area contributed by atoms with Gasteiger partial charge in [-0.2, -0.15) is 0 Å². The van der Waals surface area contributed by atoms with Crippen LogP contribution >= 0.6 is 0 Å². The Bertz CT molecular complexity index is 1120. The molecule has 0 bridgehead atoms. The van der Waals surface area contributed by atoms with E-state index >= 15 is 0 Å². The van der Waals surface area contributed by atoms with E-state index in [2.05, 4.69) is 34.9 Å². The van der Waals surface area contributed by atoms with Gasteiger partial charge in [0.05, 0.1) is 5.41 Å². The Morgan fingerprint density at radius 1 is 1.06 bits per heavy atom. The standard InChI is InChI=1S/C27H31N3O5/c1-30(2)14-23(24(31)32)29-25(33)27-12-16(27)11-17(13-27)28-26(34)35-15-22-20-9-5-3-7-18(20)19-8-4-6-10-21(19)22/h3-10,16-17,22-23H,11-15H2,1-2H3,(H,28,34)(H,29,33)(H,31,32)/t16-,17+,23+,27+/m1/s1. The van der Waals surface area contributed by atoms with Gasteiger partial charge in [0, 0.05) is 18.5 Å². The molecule has 0 unspecified atom stereocenters. The number of nitrogens with zero attached hydrogens (tertiary/aromatic N) is 1. The van der Waals surface area contributed by atoms with Crippen molar-refractivity contribution in [3.8, 4) is 11.1 Å². The van der Waals surface area contributed by atoms with Gasteiger partial charge in [0.25, 0.3) is 0 Å². The van der Waals surface area contributed by atoms with Gasteiger partial charge in [-0.25, -0.2) is 9.59 Å². The molecule has 4 atom stereocenters. The Morgan fingerprint density at radius 3 is 2.29 bits per heavy atom. The van der Waals surface area contributed by atoms with Crippen LogP contribution in [0.2, 0.25) is 0 Å². The summed E-state index contributed by atoms with van der Waals surface area (Å²) in [6.45, 7) is 0.468. The van der Waals surface area contributed by atoms with Crippen molar-refractivity contribution in [2.24, 2.45) is 11.3 Å². The molecule has 35 heavy (non-hydrogen) atoms. The minimum absolute atomic E-state index is 0.00750. The number of hydrogen-bond acceptors (Lipinski definition) is 5. The van der Waals surface area contributed by atoms with Gasteiger partial charge in [-0.1, -0.05) is 48.5 Å². The maximum absolute atomic E-state index is 12.9. The van der Waals surface area contributed by atoms with Gasteiger partial charge >= 0.3 is 12.1 Å². The fourth-order valence-electron chi connectivity index (χ4n) is 5.95. The summed E-state index contributed by atoms with van der Waals surface area (Å²) < 4.78 is 5.65. The molecule has 0 saturated heterocycles. The third-order valence-corrected chi connectivity index (χ3v) is 7.68. The average molecular weight is 478 g/mol. The predicted octanol–water partition coefficient (Wildman–Crippen LogP) is 2.82. The first-order chi connectivity index (χ1) is 16.8. The Labute approximate surface area is 204 Å². The van der Waals surface area contributed by atoms with Crippen LogP contribution in [0.25, 0.3) is 11.1 Å². The van der Waals surface area contributed by atoms with E-state index in [0.29, 0.717) is 12.8 Å². The van der Waals surface area contributed by atoms with Crippen LogP contribution < -0.4 is 10.6 Å². The number of ether oxygens (including phenoxy) is 1. The van der Waals surface area contributed by atoms with Gasteiger partial charge in [-0.15, -0.1) is 0 Å². The van der Waals surface area contributed by atoms with Crippen molar-refractivity contribution in [2.45, 2.75) is 37.3 Å². The minimum Gasteiger partial charge on any atom is -0.480 e. The molecular formula is C27H31N3O5. The number of carboxylic acids is 1. The first-order valence-electron chi connectivity index (χ1n) is 12.1. The van der Waals surface area contributed by atoms with E-state index < -0.39 is 23.5 Å². The number of rotatable bonds is 8. The number of hydrogen-bond donors (Lipinski definition) is 3. The molecule has 3 aliphatic rings. The molecule has 2 amide bonds. The van der Waals surface area contributed by atoms with Crippen LogP contribution in [0.5, 0.6) is 0 Å². The summed E-state index contributed by atoms with van der Waals surface area (Å²) in [4.78, 5) is 38.8. The highest BCUT2D eigenvalue weighted by molar-refractivity contribution is 5.90. The first-order valence-corrected chi connectivity index (χ1v) is 12.1. The fraction of sp³-hybridized carbons (Fsp3) is 0.444. The third kappa shape index (κ3) is 4.38. The number of benzene rings is 2. The molecule has 2 saturated carbocycles. The molecule has 8 nitrogen and oxygen atoms in total.